The van der Waals surface area contributed by atoms with Crippen LogP contribution in [0.25, 0.3) is 0 Å². The van der Waals surface area contributed by atoms with Gasteiger partial charge in [0.25, 0.3) is 5.12 Å². The summed E-state index contributed by atoms with van der Waals surface area (Å²) in [6, 6.07) is 0. The minimum Gasteiger partial charge on any atom is -0.0980 e. The Morgan fingerprint density at radius 1 is 1.20 bits per heavy atom. The maximum absolute atomic E-state index is 11.5. The van der Waals surface area contributed by atoms with Gasteiger partial charge in [-0.1, -0.05) is 36.4 Å². The Hall–Kier alpha value is -0.0700. The summed E-state index contributed by atoms with van der Waals surface area (Å²) in [5.74, 6) is 0. The van der Waals surface area contributed by atoms with Crippen LogP contribution in [0.15, 0.2) is 0 Å². The molecule has 0 atom stereocenters. The Labute approximate surface area is 59.7 Å². The van der Waals surface area contributed by atoms with Gasteiger partial charge in [0, 0.05) is 6.42 Å². The standard InChI is InChI=1S/C3H5ClF4N2/c1-2-3(4,9(5)6)10(7)8/h2H2,1H3. The molecule has 0 saturated heterocycles. The van der Waals surface area contributed by atoms with Gasteiger partial charge in [-0.2, -0.15) is 0 Å². The Balaban J connectivity index is 4.23. The highest BCUT2D eigenvalue weighted by atomic mass is 35.5. The van der Waals surface area contributed by atoms with Crippen molar-refractivity contribution in [2.75, 3.05) is 0 Å². The molecular formula is C3H5ClF4N2. The molecule has 0 saturated carbocycles. The van der Waals surface area contributed by atoms with Crippen LogP contribution in [0.5, 0.6) is 0 Å². The molecule has 0 amide bonds. The molecule has 7 heteroatoms. The van der Waals surface area contributed by atoms with Crippen LogP contribution in [0.1, 0.15) is 13.3 Å². The number of halogens is 5. The second kappa shape index (κ2) is 3.36. The molecule has 62 valence electrons. The quantitative estimate of drug-likeness (QED) is 0.216. The van der Waals surface area contributed by atoms with Gasteiger partial charge in [0.05, 0.1) is 10.7 Å². The van der Waals surface area contributed by atoms with Gasteiger partial charge < -0.3 is 0 Å². The van der Waals surface area contributed by atoms with E-state index in [1.54, 1.807) is 0 Å². The van der Waals surface area contributed by atoms with Gasteiger partial charge >= 0.3 is 0 Å². The van der Waals surface area contributed by atoms with Crippen molar-refractivity contribution in [3.05, 3.63) is 0 Å². The highest BCUT2D eigenvalue weighted by Gasteiger charge is 2.43. The molecule has 0 bridgehead atoms. The van der Waals surface area contributed by atoms with E-state index in [0.29, 0.717) is 0 Å². The molecule has 0 aliphatic carbocycles. The first-order valence-electron chi connectivity index (χ1n) is 2.37. The second-order valence-electron chi connectivity index (χ2n) is 1.54. The van der Waals surface area contributed by atoms with E-state index < -0.39 is 22.2 Å². The predicted octanol–water partition coefficient (Wildman–Crippen LogP) is 2.43. The van der Waals surface area contributed by atoms with E-state index in [0.717, 1.165) is 6.92 Å². The molecule has 0 aromatic carbocycles. The van der Waals surface area contributed by atoms with Crippen LogP contribution in [-0.4, -0.2) is 15.8 Å². The second-order valence-corrected chi connectivity index (χ2v) is 2.14. The normalized spacial score (nSPS) is 13.2. The molecule has 0 unspecified atom stereocenters. The zero-order valence-electron chi connectivity index (χ0n) is 4.99. The summed E-state index contributed by atoms with van der Waals surface area (Å²) in [6.07, 6.45) is -0.589. The van der Waals surface area contributed by atoms with Crippen LogP contribution < -0.4 is 0 Å². The summed E-state index contributed by atoms with van der Waals surface area (Å²) < 4.78 is 46.1. The number of hydrogen-bond donors (Lipinski definition) is 0. The lowest BCUT2D eigenvalue weighted by molar-refractivity contribution is -0.338. The van der Waals surface area contributed by atoms with E-state index in [4.69, 9.17) is 11.6 Å². The molecule has 0 rings (SSSR count). The number of rotatable bonds is 3. The minimum atomic E-state index is -2.99. The third-order valence-electron chi connectivity index (χ3n) is 0.968. The van der Waals surface area contributed by atoms with Crippen molar-refractivity contribution in [1.82, 2.24) is 10.7 Å². The number of alkyl halides is 1. The van der Waals surface area contributed by atoms with Gasteiger partial charge in [-0.25, -0.2) is 0 Å². The molecule has 0 spiro atoms. The highest BCUT2D eigenvalue weighted by molar-refractivity contribution is 6.22. The van der Waals surface area contributed by atoms with Crippen molar-refractivity contribution in [2.45, 2.75) is 18.5 Å². The highest BCUT2D eigenvalue weighted by Crippen LogP contribution is 2.30. The Bertz CT molecular complexity index is 101. The van der Waals surface area contributed by atoms with Crippen molar-refractivity contribution in [3.8, 4) is 0 Å². The fraction of sp³-hybridized carbons (Fsp3) is 1.00. The average Bonchev–Trinajstić information content (AvgIpc) is 1.85. The smallest absolute Gasteiger partial charge is 0.0980 e. The molecular weight excluding hydrogens is 175 g/mol. The molecule has 0 aliphatic heterocycles. The molecule has 0 heterocycles. The molecule has 0 aromatic heterocycles. The predicted molar refractivity (Wildman–Crippen MR) is 27.0 cm³/mol. The lowest BCUT2D eigenvalue weighted by Gasteiger charge is -2.23. The van der Waals surface area contributed by atoms with Gasteiger partial charge in [-0.3, -0.25) is 0 Å². The Morgan fingerprint density at radius 2 is 1.50 bits per heavy atom. The molecule has 2 nitrogen and oxygen atoms in total. The zero-order valence-corrected chi connectivity index (χ0v) is 5.75. The number of hydrogen-bond acceptors (Lipinski definition) is 2. The monoisotopic (exact) mass is 180 g/mol. The maximum Gasteiger partial charge on any atom is 0.267 e. The molecule has 0 aromatic rings. The van der Waals surface area contributed by atoms with Gasteiger partial charge in [0.15, 0.2) is 0 Å². The lowest BCUT2D eigenvalue weighted by atomic mass is 10.4. The lowest BCUT2D eigenvalue weighted by Crippen LogP contribution is -2.42. The summed E-state index contributed by atoms with van der Waals surface area (Å²) in [6.45, 7) is 1.12. The van der Waals surface area contributed by atoms with Crippen LogP contribution in [0.4, 0.5) is 17.9 Å². The van der Waals surface area contributed by atoms with E-state index in [9.17, 15) is 17.9 Å². The summed E-state index contributed by atoms with van der Waals surface area (Å²) >= 11 is 4.75. The topological polar surface area (TPSA) is 6.48 Å². The first kappa shape index (κ1) is 9.93. The maximum atomic E-state index is 11.5. The Morgan fingerprint density at radius 3 is 1.50 bits per heavy atom. The van der Waals surface area contributed by atoms with Crippen molar-refractivity contribution in [1.29, 1.82) is 0 Å². The van der Waals surface area contributed by atoms with Crippen LogP contribution >= 0.6 is 11.6 Å². The van der Waals surface area contributed by atoms with E-state index in [1.165, 1.54) is 0 Å². The molecule has 0 aliphatic rings. The first-order chi connectivity index (χ1) is 4.45. The average molecular weight is 181 g/mol. The van der Waals surface area contributed by atoms with E-state index in [2.05, 4.69) is 0 Å². The summed E-state index contributed by atoms with van der Waals surface area (Å²) in [5.41, 5.74) is 0. The van der Waals surface area contributed by atoms with Crippen molar-refractivity contribution < 1.29 is 17.9 Å². The Kier molecular flexibility index (Phi) is 3.34. The largest absolute Gasteiger partial charge is 0.267 e. The number of nitrogens with zero attached hydrogens (tertiary/aromatic N) is 2. The van der Waals surface area contributed by atoms with Gasteiger partial charge in [-0.05, 0) is 0 Å². The molecule has 10 heavy (non-hydrogen) atoms. The van der Waals surface area contributed by atoms with Crippen molar-refractivity contribution in [2.24, 2.45) is 0 Å². The van der Waals surface area contributed by atoms with E-state index in [1.807, 2.05) is 0 Å². The van der Waals surface area contributed by atoms with Crippen LogP contribution in [0.2, 0.25) is 0 Å². The van der Waals surface area contributed by atoms with Gasteiger partial charge in [-0.15, -0.1) is 0 Å². The molecule has 0 N–H and O–H groups in total. The minimum absolute atomic E-state index is 0.589. The fourth-order valence-electron chi connectivity index (χ4n) is 0.296. The van der Waals surface area contributed by atoms with Crippen LogP contribution in [0.3, 0.4) is 0 Å². The van der Waals surface area contributed by atoms with Gasteiger partial charge in [0.2, 0.25) is 0 Å². The van der Waals surface area contributed by atoms with Crippen molar-refractivity contribution >= 4 is 11.6 Å². The third kappa shape index (κ3) is 1.71. The SMILES string of the molecule is CCC(Cl)(N(F)F)N(F)F. The van der Waals surface area contributed by atoms with Gasteiger partial charge in [0.1, 0.15) is 0 Å². The molecule has 0 fully saturated rings. The van der Waals surface area contributed by atoms with E-state index in [-0.39, 0.29) is 0 Å². The van der Waals surface area contributed by atoms with Crippen LogP contribution in [-0.2, 0) is 0 Å². The summed E-state index contributed by atoms with van der Waals surface area (Å²) in [7, 11) is 0. The fourth-order valence-corrected chi connectivity index (χ4v) is 0.296. The van der Waals surface area contributed by atoms with E-state index >= 15 is 0 Å². The third-order valence-corrected chi connectivity index (χ3v) is 1.49. The van der Waals surface area contributed by atoms with Crippen LogP contribution in [0, 0.1) is 0 Å². The zero-order chi connectivity index (χ0) is 8.36. The molecule has 0 radical (unpaired) electrons. The summed E-state index contributed by atoms with van der Waals surface area (Å²) in [4.78, 5) is 0. The van der Waals surface area contributed by atoms with Crippen molar-refractivity contribution in [3.63, 3.8) is 0 Å². The first-order valence-corrected chi connectivity index (χ1v) is 2.75. The summed E-state index contributed by atoms with van der Waals surface area (Å²) in [5, 5.41) is -6.47.